The van der Waals surface area contributed by atoms with Crippen LogP contribution in [0.3, 0.4) is 0 Å². The van der Waals surface area contributed by atoms with E-state index in [-0.39, 0.29) is 5.91 Å². The molecule has 0 saturated carbocycles. The third kappa shape index (κ3) is 4.23. The van der Waals surface area contributed by atoms with Crippen LogP contribution in [0.15, 0.2) is 24.3 Å². The Bertz CT molecular complexity index is 410. The molecule has 4 nitrogen and oxygen atoms in total. The van der Waals surface area contributed by atoms with E-state index in [4.69, 9.17) is 5.84 Å². The second-order valence-corrected chi connectivity index (χ2v) is 5.54. The van der Waals surface area contributed by atoms with Crippen LogP contribution in [0.25, 0.3) is 0 Å². The largest absolute Gasteiger partial charge is 0.335 e. The van der Waals surface area contributed by atoms with Gasteiger partial charge in [0.2, 0.25) is 0 Å². The Kier molecular flexibility index (Phi) is 6.52. The first-order valence-corrected chi connectivity index (χ1v) is 7.41. The molecule has 0 aromatic heterocycles. The maximum absolute atomic E-state index is 12.7. The van der Waals surface area contributed by atoms with Gasteiger partial charge in [0.05, 0.1) is 0 Å². The number of amides is 1. The molecule has 0 aliphatic heterocycles. The van der Waals surface area contributed by atoms with Gasteiger partial charge in [-0.05, 0) is 43.0 Å². The molecule has 0 bridgehead atoms. The fourth-order valence-corrected chi connectivity index (χ4v) is 2.40. The van der Waals surface area contributed by atoms with Crippen LogP contribution in [0.1, 0.15) is 50.9 Å². The summed E-state index contributed by atoms with van der Waals surface area (Å²) in [7, 11) is 0. The Balaban J connectivity index is 2.95. The van der Waals surface area contributed by atoms with Crippen molar-refractivity contribution >= 4 is 11.6 Å². The summed E-state index contributed by atoms with van der Waals surface area (Å²) in [6, 6.07) is 7.61. The van der Waals surface area contributed by atoms with Crippen LogP contribution in [0.5, 0.6) is 0 Å². The first-order valence-electron chi connectivity index (χ1n) is 7.41. The molecule has 4 heteroatoms. The first-order chi connectivity index (χ1) is 9.53. The van der Waals surface area contributed by atoms with Crippen LogP contribution in [0, 0.1) is 5.92 Å². The summed E-state index contributed by atoms with van der Waals surface area (Å²) in [4.78, 5) is 14.7. The zero-order valence-electron chi connectivity index (χ0n) is 13.0. The molecule has 1 aromatic carbocycles. The normalized spacial score (nSPS) is 10.9. The molecule has 0 fully saturated rings. The van der Waals surface area contributed by atoms with Gasteiger partial charge in [0.15, 0.2) is 0 Å². The molecule has 1 aromatic rings. The topological polar surface area (TPSA) is 58.4 Å². The smallest absolute Gasteiger partial charge is 0.254 e. The van der Waals surface area contributed by atoms with Crippen molar-refractivity contribution < 1.29 is 4.79 Å². The number of anilines is 1. The van der Waals surface area contributed by atoms with Gasteiger partial charge in [-0.25, -0.2) is 0 Å². The van der Waals surface area contributed by atoms with Crippen molar-refractivity contribution in [3.8, 4) is 0 Å². The average molecular weight is 277 g/mol. The molecule has 20 heavy (non-hydrogen) atoms. The third-order valence-electron chi connectivity index (χ3n) is 3.50. The lowest BCUT2D eigenvalue weighted by molar-refractivity contribution is 0.0640. The average Bonchev–Trinajstić information content (AvgIpc) is 2.46. The molecule has 0 unspecified atom stereocenters. The summed E-state index contributed by atoms with van der Waals surface area (Å²) in [5, 5.41) is 0. The molecule has 1 amide bonds. The third-order valence-corrected chi connectivity index (χ3v) is 3.50. The van der Waals surface area contributed by atoms with Crippen molar-refractivity contribution in [2.75, 3.05) is 12.0 Å². The minimum atomic E-state index is 0.107. The summed E-state index contributed by atoms with van der Waals surface area (Å²) in [6.45, 7) is 9.35. The van der Waals surface area contributed by atoms with Crippen LogP contribution in [-0.2, 0) is 0 Å². The number of nitrogens with two attached hydrogens (primary N) is 1. The summed E-state index contributed by atoms with van der Waals surface area (Å²) in [5.41, 5.74) is 4.10. The number of nitrogen functional groups attached to an aromatic ring is 1. The van der Waals surface area contributed by atoms with Gasteiger partial charge in [-0.1, -0.05) is 27.7 Å². The Labute approximate surface area is 122 Å². The van der Waals surface area contributed by atoms with Gasteiger partial charge in [0, 0.05) is 23.8 Å². The summed E-state index contributed by atoms with van der Waals surface area (Å²) in [6.07, 6.45) is 1.97. The van der Waals surface area contributed by atoms with Gasteiger partial charge in [-0.2, -0.15) is 0 Å². The van der Waals surface area contributed by atoms with Gasteiger partial charge in [-0.15, -0.1) is 0 Å². The predicted molar refractivity (Wildman–Crippen MR) is 84.5 cm³/mol. The minimum absolute atomic E-state index is 0.107. The lowest BCUT2D eigenvalue weighted by atomic mass is 10.1. The van der Waals surface area contributed by atoms with E-state index in [0.29, 0.717) is 12.0 Å². The fraction of sp³-hybridized carbons (Fsp3) is 0.562. The molecule has 1 rings (SSSR count). The SMILES string of the molecule is CCC(CC)N(CC(C)C)C(=O)c1ccc(NN)cc1. The first kappa shape index (κ1) is 16.5. The molecular formula is C16H27N3O. The van der Waals surface area contributed by atoms with Crippen LogP contribution < -0.4 is 11.3 Å². The quantitative estimate of drug-likeness (QED) is 0.594. The van der Waals surface area contributed by atoms with Gasteiger partial charge in [0.25, 0.3) is 5.91 Å². The van der Waals surface area contributed by atoms with Crippen LogP contribution >= 0.6 is 0 Å². The Morgan fingerprint density at radius 1 is 1.20 bits per heavy atom. The monoisotopic (exact) mass is 277 g/mol. The molecule has 0 atom stereocenters. The van der Waals surface area contributed by atoms with Gasteiger partial charge in [0.1, 0.15) is 0 Å². The van der Waals surface area contributed by atoms with Crippen molar-refractivity contribution in [3.05, 3.63) is 29.8 Å². The Morgan fingerprint density at radius 2 is 1.75 bits per heavy atom. The van der Waals surface area contributed by atoms with E-state index in [0.717, 1.165) is 30.6 Å². The van der Waals surface area contributed by atoms with Gasteiger partial charge in [-0.3, -0.25) is 10.6 Å². The van der Waals surface area contributed by atoms with E-state index in [1.165, 1.54) is 0 Å². The number of hydrogen-bond acceptors (Lipinski definition) is 3. The van der Waals surface area contributed by atoms with Crippen molar-refractivity contribution in [1.82, 2.24) is 4.90 Å². The summed E-state index contributed by atoms with van der Waals surface area (Å²) in [5.74, 6) is 5.92. The number of nitrogens with zero attached hydrogens (tertiary/aromatic N) is 1. The number of carbonyl (C=O) groups excluding carboxylic acids is 1. The maximum Gasteiger partial charge on any atom is 0.254 e. The van der Waals surface area contributed by atoms with E-state index in [2.05, 4.69) is 33.1 Å². The molecule has 0 radical (unpaired) electrons. The number of rotatable bonds is 7. The molecule has 0 aliphatic rings. The molecule has 0 saturated heterocycles. The number of hydrazine groups is 1. The molecule has 112 valence electrons. The number of nitrogens with one attached hydrogen (secondary N) is 1. The lowest BCUT2D eigenvalue weighted by Crippen LogP contribution is -2.42. The highest BCUT2D eigenvalue weighted by molar-refractivity contribution is 5.94. The summed E-state index contributed by atoms with van der Waals surface area (Å²) < 4.78 is 0. The Hall–Kier alpha value is -1.55. The van der Waals surface area contributed by atoms with Crippen molar-refractivity contribution in [3.63, 3.8) is 0 Å². The predicted octanol–water partition coefficient (Wildman–Crippen LogP) is 3.26. The van der Waals surface area contributed by atoms with Crippen molar-refractivity contribution in [2.24, 2.45) is 11.8 Å². The highest BCUT2D eigenvalue weighted by Gasteiger charge is 2.23. The van der Waals surface area contributed by atoms with E-state index in [1.54, 1.807) is 0 Å². The second kappa shape index (κ2) is 7.90. The second-order valence-electron chi connectivity index (χ2n) is 5.54. The molecule has 3 N–H and O–H groups in total. The number of benzene rings is 1. The van der Waals surface area contributed by atoms with Crippen molar-refractivity contribution in [1.29, 1.82) is 0 Å². The molecular weight excluding hydrogens is 250 g/mol. The van der Waals surface area contributed by atoms with Crippen LogP contribution in [0.4, 0.5) is 5.69 Å². The standard InChI is InChI=1S/C16H27N3O/c1-5-15(6-2)19(11-12(3)4)16(20)13-7-9-14(18-17)10-8-13/h7-10,12,15,18H,5-6,11,17H2,1-4H3. The highest BCUT2D eigenvalue weighted by Crippen LogP contribution is 2.17. The zero-order valence-corrected chi connectivity index (χ0v) is 13.0. The van der Waals surface area contributed by atoms with E-state index >= 15 is 0 Å². The fourth-order valence-electron chi connectivity index (χ4n) is 2.40. The van der Waals surface area contributed by atoms with Crippen molar-refractivity contribution in [2.45, 2.75) is 46.6 Å². The van der Waals surface area contributed by atoms with E-state index in [1.807, 2.05) is 29.2 Å². The molecule has 0 heterocycles. The highest BCUT2D eigenvalue weighted by atomic mass is 16.2. The van der Waals surface area contributed by atoms with Crippen LogP contribution in [0.2, 0.25) is 0 Å². The van der Waals surface area contributed by atoms with E-state index < -0.39 is 0 Å². The Morgan fingerprint density at radius 3 is 2.15 bits per heavy atom. The van der Waals surface area contributed by atoms with Gasteiger partial charge >= 0.3 is 0 Å². The van der Waals surface area contributed by atoms with Gasteiger partial charge < -0.3 is 10.3 Å². The molecule has 0 spiro atoms. The molecule has 0 aliphatic carbocycles. The maximum atomic E-state index is 12.7. The number of carbonyl (C=O) groups is 1. The minimum Gasteiger partial charge on any atom is -0.335 e. The zero-order chi connectivity index (χ0) is 15.1. The van der Waals surface area contributed by atoms with Crippen LogP contribution in [-0.4, -0.2) is 23.4 Å². The number of hydrogen-bond donors (Lipinski definition) is 2. The van der Waals surface area contributed by atoms with E-state index in [9.17, 15) is 4.79 Å². The summed E-state index contributed by atoms with van der Waals surface area (Å²) >= 11 is 0. The lowest BCUT2D eigenvalue weighted by Gasteiger charge is -2.32.